The Bertz CT molecular complexity index is 598. The molecule has 4 atom stereocenters. The zero-order valence-electron chi connectivity index (χ0n) is 12.6. The first-order valence-corrected chi connectivity index (χ1v) is 7.74. The fourth-order valence-corrected chi connectivity index (χ4v) is 3.67. The number of benzene rings is 1. The molecule has 20 heavy (non-hydrogen) atoms. The van der Waals surface area contributed by atoms with Gasteiger partial charge in [-0.25, -0.2) is 0 Å². The third kappa shape index (κ3) is 2.26. The van der Waals surface area contributed by atoms with E-state index in [1.807, 2.05) is 25.1 Å². The van der Waals surface area contributed by atoms with Gasteiger partial charge in [0.2, 0.25) is 0 Å². The first-order valence-electron chi connectivity index (χ1n) is 7.74. The molecular weight excluding hydrogens is 248 g/mol. The maximum Gasteiger partial charge on any atom is 0.134 e. The number of para-hydroxylation sites is 1. The molecule has 1 fully saturated rings. The molecule has 1 N–H and O–H groups in total. The topological polar surface area (TPSA) is 33.4 Å². The zero-order chi connectivity index (χ0) is 14.3. The summed E-state index contributed by atoms with van der Waals surface area (Å²) in [6.45, 7) is 6.60. The van der Waals surface area contributed by atoms with Gasteiger partial charge in [0.15, 0.2) is 0 Å². The second-order valence-electron chi connectivity index (χ2n) is 6.54. The van der Waals surface area contributed by atoms with Gasteiger partial charge in [0, 0.05) is 10.9 Å². The molecule has 4 unspecified atom stereocenters. The van der Waals surface area contributed by atoms with E-state index in [0.29, 0.717) is 11.8 Å². The minimum absolute atomic E-state index is 0.362. The predicted molar refractivity (Wildman–Crippen MR) is 81.6 cm³/mol. The van der Waals surface area contributed by atoms with Crippen molar-refractivity contribution in [2.45, 2.75) is 46.1 Å². The monoisotopic (exact) mass is 272 g/mol. The van der Waals surface area contributed by atoms with Gasteiger partial charge in [0.25, 0.3) is 0 Å². The molecule has 1 saturated carbocycles. The molecule has 2 aromatic rings. The number of furan rings is 1. The average molecular weight is 272 g/mol. The molecule has 2 heteroatoms. The third-order valence-corrected chi connectivity index (χ3v) is 5.20. The van der Waals surface area contributed by atoms with Crippen molar-refractivity contribution in [2.75, 3.05) is 0 Å². The van der Waals surface area contributed by atoms with Gasteiger partial charge in [-0.15, -0.1) is 0 Å². The van der Waals surface area contributed by atoms with Crippen LogP contribution in [0, 0.1) is 24.7 Å². The van der Waals surface area contributed by atoms with E-state index in [1.54, 1.807) is 0 Å². The van der Waals surface area contributed by atoms with Crippen LogP contribution in [0.25, 0.3) is 11.0 Å². The molecule has 0 spiro atoms. The second kappa shape index (κ2) is 5.25. The molecule has 1 aliphatic rings. The summed E-state index contributed by atoms with van der Waals surface area (Å²) in [5, 5.41) is 11.9. The SMILES string of the molecule is Cc1oc2ccccc2c1C(O)C1CCC(C)C(C)C1. The Hall–Kier alpha value is -1.28. The van der Waals surface area contributed by atoms with Crippen molar-refractivity contribution in [3.63, 3.8) is 0 Å². The molecule has 0 saturated heterocycles. The molecule has 1 aromatic carbocycles. The van der Waals surface area contributed by atoms with E-state index < -0.39 is 6.10 Å². The molecule has 1 heterocycles. The number of hydrogen-bond donors (Lipinski definition) is 1. The van der Waals surface area contributed by atoms with Gasteiger partial charge in [-0.1, -0.05) is 38.5 Å². The van der Waals surface area contributed by atoms with Crippen LogP contribution in [0.15, 0.2) is 28.7 Å². The smallest absolute Gasteiger partial charge is 0.134 e. The Balaban J connectivity index is 1.92. The highest BCUT2D eigenvalue weighted by molar-refractivity contribution is 5.82. The van der Waals surface area contributed by atoms with Crippen LogP contribution < -0.4 is 0 Å². The Morgan fingerprint density at radius 2 is 1.90 bits per heavy atom. The van der Waals surface area contributed by atoms with Crippen molar-refractivity contribution in [1.29, 1.82) is 0 Å². The number of aryl methyl sites for hydroxylation is 1. The van der Waals surface area contributed by atoms with E-state index in [2.05, 4.69) is 19.9 Å². The lowest BCUT2D eigenvalue weighted by molar-refractivity contribution is 0.0559. The Labute approximate surface area is 120 Å². The maximum absolute atomic E-state index is 10.9. The zero-order valence-corrected chi connectivity index (χ0v) is 12.6. The Kier molecular flexibility index (Phi) is 3.59. The molecular formula is C18H24O2. The molecule has 0 radical (unpaired) electrons. The largest absolute Gasteiger partial charge is 0.461 e. The normalized spacial score (nSPS) is 28.7. The fourth-order valence-electron chi connectivity index (χ4n) is 3.67. The number of rotatable bonds is 2. The summed E-state index contributed by atoms with van der Waals surface area (Å²) < 4.78 is 5.80. The summed E-state index contributed by atoms with van der Waals surface area (Å²) in [6.07, 6.45) is 3.05. The van der Waals surface area contributed by atoms with Crippen LogP contribution in [-0.4, -0.2) is 5.11 Å². The van der Waals surface area contributed by atoms with Gasteiger partial charge < -0.3 is 9.52 Å². The highest BCUT2D eigenvalue weighted by Gasteiger charge is 2.32. The summed E-state index contributed by atoms with van der Waals surface area (Å²) >= 11 is 0. The van der Waals surface area contributed by atoms with E-state index >= 15 is 0 Å². The van der Waals surface area contributed by atoms with Gasteiger partial charge in [0.05, 0.1) is 6.10 Å². The molecule has 1 aromatic heterocycles. The maximum atomic E-state index is 10.9. The van der Waals surface area contributed by atoms with Crippen LogP contribution in [0.3, 0.4) is 0 Å². The summed E-state index contributed by atoms with van der Waals surface area (Å²) in [5.74, 6) is 2.70. The van der Waals surface area contributed by atoms with Gasteiger partial charge in [-0.3, -0.25) is 0 Å². The van der Waals surface area contributed by atoms with Crippen LogP contribution in [0.5, 0.6) is 0 Å². The number of aliphatic hydroxyl groups excluding tert-OH is 1. The van der Waals surface area contributed by atoms with Crippen LogP contribution in [0.2, 0.25) is 0 Å². The first kappa shape index (κ1) is 13.7. The summed E-state index contributed by atoms with van der Waals surface area (Å²) in [7, 11) is 0. The third-order valence-electron chi connectivity index (χ3n) is 5.20. The van der Waals surface area contributed by atoms with Crippen LogP contribution in [0.1, 0.15) is 50.5 Å². The van der Waals surface area contributed by atoms with Crippen molar-refractivity contribution in [2.24, 2.45) is 17.8 Å². The summed E-state index contributed by atoms with van der Waals surface area (Å²) in [5.41, 5.74) is 1.89. The molecule has 3 rings (SSSR count). The highest BCUT2D eigenvalue weighted by atomic mass is 16.3. The van der Waals surface area contributed by atoms with Crippen molar-refractivity contribution >= 4 is 11.0 Å². The Morgan fingerprint density at radius 3 is 2.65 bits per heavy atom. The molecule has 0 amide bonds. The van der Waals surface area contributed by atoms with E-state index in [-0.39, 0.29) is 0 Å². The van der Waals surface area contributed by atoms with E-state index in [4.69, 9.17) is 4.42 Å². The van der Waals surface area contributed by atoms with Crippen LogP contribution >= 0.6 is 0 Å². The van der Waals surface area contributed by atoms with Crippen molar-refractivity contribution in [3.8, 4) is 0 Å². The van der Waals surface area contributed by atoms with Gasteiger partial charge in [-0.2, -0.15) is 0 Å². The second-order valence-corrected chi connectivity index (χ2v) is 6.54. The predicted octanol–water partition coefficient (Wildman–Crippen LogP) is 4.85. The average Bonchev–Trinajstić information content (AvgIpc) is 2.77. The summed E-state index contributed by atoms with van der Waals surface area (Å²) in [6, 6.07) is 8.02. The lowest BCUT2D eigenvalue weighted by atomic mass is 9.72. The molecule has 1 aliphatic carbocycles. The van der Waals surface area contributed by atoms with Crippen molar-refractivity contribution in [3.05, 3.63) is 35.6 Å². The molecule has 108 valence electrons. The number of fused-ring (bicyclic) bond motifs is 1. The molecule has 0 aliphatic heterocycles. The minimum atomic E-state index is -0.395. The van der Waals surface area contributed by atoms with Crippen molar-refractivity contribution < 1.29 is 9.52 Å². The molecule has 0 bridgehead atoms. The van der Waals surface area contributed by atoms with Gasteiger partial charge in [0.1, 0.15) is 11.3 Å². The van der Waals surface area contributed by atoms with Gasteiger partial charge in [-0.05, 0) is 43.6 Å². The van der Waals surface area contributed by atoms with E-state index in [1.165, 1.54) is 6.42 Å². The summed E-state index contributed by atoms with van der Waals surface area (Å²) in [4.78, 5) is 0. The fraction of sp³-hybridized carbons (Fsp3) is 0.556. The minimum Gasteiger partial charge on any atom is -0.461 e. The first-order chi connectivity index (χ1) is 9.58. The standard InChI is InChI=1S/C18H24O2/c1-11-8-9-14(10-12(11)2)18(19)17-13(3)20-16-7-5-4-6-15(16)17/h4-7,11-12,14,18-19H,8-10H2,1-3H3. The molecule has 2 nitrogen and oxygen atoms in total. The number of aliphatic hydroxyl groups is 1. The van der Waals surface area contributed by atoms with Crippen LogP contribution in [-0.2, 0) is 0 Å². The van der Waals surface area contributed by atoms with Crippen molar-refractivity contribution in [1.82, 2.24) is 0 Å². The lowest BCUT2D eigenvalue weighted by Crippen LogP contribution is -2.25. The van der Waals surface area contributed by atoms with Gasteiger partial charge >= 0.3 is 0 Å². The highest BCUT2D eigenvalue weighted by Crippen LogP contribution is 2.42. The lowest BCUT2D eigenvalue weighted by Gasteiger charge is -2.34. The quantitative estimate of drug-likeness (QED) is 0.848. The van der Waals surface area contributed by atoms with E-state index in [9.17, 15) is 5.11 Å². The van der Waals surface area contributed by atoms with Crippen LogP contribution in [0.4, 0.5) is 0 Å². The van der Waals surface area contributed by atoms with E-state index in [0.717, 1.165) is 41.1 Å². The Morgan fingerprint density at radius 1 is 1.15 bits per heavy atom. The number of hydrogen-bond acceptors (Lipinski definition) is 2.